The monoisotopic (exact) mass is 306 g/mol. The number of nitrogens with zero attached hydrogens (tertiary/aromatic N) is 1. The number of hydrogen-bond donors (Lipinski definition) is 3. The Bertz CT molecular complexity index is 635. The molecular weight excluding hydrogens is 287 g/mol. The lowest BCUT2D eigenvalue weighted by atomic mass is 10.2. The first-order valence-electron chi connectivity index (χ1n) is 6.84. The third-order valence-corrected chi connectivity index (χ3v) is 2.64. The van der Waals surface area contributed by atoms with Crippen molar-refractivity contribution in [2.75, 3.05) is 10.6 Å². The van der Waals surface area contributed by atoms with Gasteiger partial charge in [-0.3, -0.25) is 5.32 Å². The van der Waals surface area contributed by atoms with Crippen molar-refractivity contribution in [2.45, 2.75) is 32.9 Å². The van der Waals surface area contributed by atoms with E-state index >= 15 is 0 Å². The molecule has 1 aromatic carbocycles. The van der Waals surface area contributed by atoms with Crippen molar-refractivity contribution in [3.63, 3.8) is 0 Å². The van der Waals surface area contributed by atoms with Gasteiger partial charge in [-0.05, 0) is 39.0 Å². The zero-order valence-electron chi connectivity index (χ0n) is 12.7. The zero-order valence-corrected chi connectivity index (χ0v) is 12.7. The Morgan fingerprint density at radius 3 is 2.77 bits per heavy atom. The summed E-state index contributed by atoms with van der Waals surface area (Å²) in [7, 11) is 0. The van der Waals surface area contributed by atoms with E-state index in [1.54, 1.807) is 33.3 Å². The van der Waals surface area contributed by atoms with Crippen molar-refractivity contribution < 1.29 is 13.9 Å². The third-order valence-electron chi connectivity index (χ3n) is 2.64. The molecule has 0 aliphatic heterocycles. The molecule has 0 atom stereocenters. The number of H-pyrrole nitrogens is 1. The fourth-order valence-corrected chi connectivity index (χ4v) is 1.76. The average Bonchev–Trinajstić information content (AvgIpc) is 2.90. The second kappa shape index (κ2) is 6.46. The number of hydrogen-bond acceptors (Lipinski definition) is 4. The summed E-state index contributed by atoms with van der Waals surface area (Å²) in [5.41, 5.74) is 1.14. The quantitative estimate of drug-likeness (QED) is 0.807. The Morgan fingerprint density at radius 2 is 2.14 bits per heavy atom. The van der Waals surface area contributed by atoms with Crippen molar-refractivity contribution in [3.05, 3.63) is 42.2 Å². The summed E-state index contributed by atoms with van der Waals surface area (Å²) in [6.45, 7) is 5.74. The van der Waals surface area contributed by atoms with Gasteiger partial charge in [0, 0.05) is 6.20 Å². The van der Waals surface area contributed by atoms with Crippen LogP contribution >= 0.6 is 0 Å². The molecule has 118 valence electrons. The second-order valence-corrected chi connectivity index (χ2v) is 5.75. The summed E-state index contributed by atoms with van der Waals surface area (Å²) < 4.78 is 18.6. The van der Waals surface area contributed by atoms with E-state index in [4.69, 9.17) is 4.74 Å². The van der Waals surface area contributed by atoms with Gasteiger partial charge in [-0.25, -0.2) is 14.2 Å². The number of aromatic amines is 1. The molecule has 0 saturated heterocycles. The van der Waals surface area contributed by atoms with E-state index in [-0.39, 0.29) is 0 Å². The molecule has 0 saturated carbocycles. The SMILES string of the molecule is CC(C)(C)OC(=O)Nc1ccc(F)cc1NCc1cnc[nH]1. The predicted octanol–water partition coefficient (Wildman–Crippen LogP) is 3.51. The number of amides is 1. The van der Waals surface area contributed by atoms with Gasteiger partial charge in [-0.1, -0.05) is 0 Å². The summed E-state index contributed by atoms with van der Waals surface area (Å²) in [5.74, 6) is -0.401. The number of ether oxygens (including phenoxy) is 1. The summed E-state index contributed by atoms with van der Waals surface area (Å²) >= 11 is 0. The van der Waals surface area contributed by atoms with Gasteiger partial charge in [0.15, 0.2) is 0 Å². The molecule has 0 aliphatic rings. The molecule has 0 spiro atoms. The smallest absolute Gasteiger partial charge is 0.412 e. The standard InChI is InChI=1S/C15H19FN4O2/c1-15(2,3)22-14(21)20-12-5-4-10(16)6-13(12)18-8-11-7-17-9-19-11/h4-7,9,18H,8H2,1-3H3,(H,17,19)(H,20,21). The van der Waals surface area contributed by atoms with E-state index < -0.39 is 17.5 Å². The van der Waals surface area contributed by atoms with Crippen LogP contribution in [-0.4, -0.2) is 21.7 Å². The summed E-state index contributed by atoms with van der Waals surface area (Å²) in [6.07, 6.45) is 2.62. The van der Waals surface area contributed by atoms with E-state index in [0.29, 0.717) is 17.9 Å². The van der Waals surface area contributed by atoms with E-state index in [0.717, 1.165) is 5.69 Å². The fourth-order valence-electron chi connectivity index (χ4n) is 1.76. The molecule has 7 heteroatoms. The molecule has 3 N–H and O–H groups in total. The van der Waals surface area contributed by atoms with Crippen molar-refractivity contribution >= 4 is 17.5 Å². The molecule has 2 aromatic rings. The van der Waals surface area contributed by atoms with Crippen molar-refractivity contribution in [2.24, 2.45) is 0 Å². The molecule has 0 bridgehead atoms. The second-order valence-electron chi connectivity index (χ2n) is 5.75. The highest BCUT2D eigenvalue weighted by Crippen LogP contribution is 2.24. The molecule has 2 rings (SSSR count). The maximum absolute atomic E-state index is 13.4. The van der Waals surface area contributed by atoms with Crippen LogP contribution in [0.5, 0.6) is 0 Å². The van der Waals surface area contributed by atoms with Crippen LogP contribution in [0.15, 0.2) is 30.7 Å². The van der Waals surface area contributed by atoms with Crippen LogP contribution in [0.3, 0.4) is 0 Å². The Balaban J connectivity index is 2.08. The van der Waals surface area contributed by atoms with Gasteiger partial charge < -0.3 is 15.0 Å². The number of benzene rings is 1. The highest BCUT2D eigenvalue weighted by Gasteiger charge is 2.17. The Kier molecular flexibility index (Phi) is 4.65. The molecular formula is C15H19FN4O2. The zero-order chi connectivity index (χ0) is 16.2. The number of imidazole rings is 1. The van der Waals surface area contributed by atoms with Gasteiger partial charge in [0.25, 0.3) is 0 Å². The van der Waals surface area contributed by atoms with E-state index in [1.165, 1.54) is 18.2 Å². The third kappa shape index (κ3) is 4.76. The maximum atomic E-state index is 13.4. The van der Waals surface area contributed by atoms with Crippen LogP contribution in [0.2, 0.25) is 0 Å². The van der Waals surface area contributed by atoms with Crippen LogP contribution in [0.1, 0.15) is 26.5 Å². The predicted molar refractivity (Wildman–Crippen MR) is 82.2 cm³/mol. The number of carbonyl (C=O) groups is 1. The highest BCUT2D eigenvalue weighted by molar-refractivity contribution is 5.89. The molecule has 0 fully saturated rings. The lowest BCUT2D eigenvalue weighted by Gasteiger charge is -2.20. The van der Waals surface area contributed by atoms with Gasteiger partial charge in [0.1, 0.15) is 11.4 Å². The van der Waals surface area contributed by atoms with Gasteiger partial charge in [-0.2, -0.15) is 0 Å². The van der Waals surface area contributed by atoms with Crippen molar-refractivity contribution in [3.8, 4) is 0 Å². The van der Waals surface area contributed by atoms with Gasteiger partial charge >= 0.3 is 6.09 Å². The number of halogens is 1. The van der Waals surface area contributed by atoms with Gasteiger partial charge in [0.05, 0.1) is 29.9 Å². The van der Waals surface area contributed by atoms with Crippen LogP contribution in [0, 0.1) is 5.82 Å². The summed E-state index contributed by atoms with van der Waals surface area (Å²) in [5, 5.41) is 5.65. The van der Waals surface area contributed by atoms with Crippen LogP contribution < -0.4 is 10.6 Å². The minimum Gasteiger partial charge on any atom is -0.444 e. The number of aromatic nitrogens is 2. The Hall–Kier alpha value is -2.57. The Morgan fingerprint density at radius 1 is 1.36 bits per heavy atom. The fraction of sp³-hybridized carbons (Fsp3) is 0.333. The van der Waals surface area contributed by atoms with E-state index in [2.05, 4.69) is 20.6 Å². The van der Waals surface area contributed by atoms with Gasteiger partial charge in [-0.15, -0.1) is 0 Å². The first-order valence-corrected chi connectivity index (χ1v) is 6.84. The van der Waals surface area contributed by atoms with Crippen LogP contribution in [0.25, 0.3) is 0 Å². The maximum Gasteiger partial charge on any atom is 0.412 e. The number of rotatable bonds is 4. The number of anilines is 2. The molecule has 0 unspecified atom stereocenters. The molecule has 0 radical (unpaired) electrons. The molecule has 22 heavy (non-hydrogen) atoms. The molecule has 6 nitrogen and oxygen atoms in total. The van der Waals surface area contributed by atoms with Crippen LogP contribution in [-0.2, 0) is 11.3 Å². The molecule has 1 amide bonds. The van der Waals surface area contributed by atoms with Crippen LogP contribution in [0.4, 0.5) is 20.6 Å². The molecule has 1 aromatic heterocycles. The lowest BCUT2D eigenvalue weighted by Crippen LogP contribution is -2.27. The summed E-state index contributed by atoms with van der Waals surface area (Å²) in [6, 6.07) is 4.06. The first-order chi connectivity index (χ1) is 10.3. The topological polar surface area (TPSA) is 79.0 Å². The minimum atomic E-state index is -0.604. The minimum absolute atomic E-state index is 0.401. The van der Waals surface area contributed by atoms with Crippen molar-refractivity contribution in [1.29, 1.82) is 0 Å². The average molecular weight is 306 g/mol. The first kappa shape index (κ1) is 15.8. The largest absolute Gasteiger partial charge is 0.444 e. The van der Waals surface area contributed by atoms with E-state index in [1.807, 2.05) is 0 Å². The Labute approximate surface area is 128 Å². The van der Waals surface area contributed by atoms with E-state index in [9.17, 15) is 9.18 Å². The molecule has 0 aliphatic carbocycles. The van der Waals surface area contributed by atoms with Crippen molar-refractivity contribution in [1.82, 2.24) is 9.97 Å². The number of nitrogens with one attached hydrogen (secondary N) is 3. The van der Waals surface area contributed by atoms with Gasteiger partial charge in [0.2, 0.25) is 0 Å². The summed E-state index contributed by atoms with van der Waals surface area (Å²) in [4.78, 5) is 18.7. The highest BCUT2D eigenvalue weighted by atomic mass is 19.1. The molecule has 1 heterocycles. The normalized spacial score (nSPS) is 11.1. The lowest BCUT2D eigenvalue weighted by molar-refractivity contribution is 0.0636. The number of carbonyl (C=O) groups excluding carboxylic acids is 1.